The first-order chi connectivity index (χ1) is 6.38. The van der Waals surface area contributed by atoms with Crippen molar-refractivity contribution in [3.63, 3.8) is 0 Å². The molecule has 5 heteroatoms. The summed E-state index contributed by atoms with van der Waals surface area (Å²) >= 11 is 0. The number of hydrogen-bond acceptors (Lipinski definition) is 5. The van der Waals surface area contributed by atoms with Crippen molar-refractivity contribution in [2.75, 3.05) is 13.1 Å². The number of hydrogen-bond donors (Lipinski definition) is 2. The van der Waals surface area contributed by atoms with Crippen molar-refractivity contribution in [1.29, 1.82) is 0 Å². The van der Waals surface area contributed by atoms with E-state index in [2.05, 4.69) is 20.3 Å². The zero-order valence-electron chi connectivity index (χ0n) is 7.22. The standard InChI is InChI=1S/C8H12N4O/c13-7-1-2-9-3-6(7)8-11-4-10-5-12-8/h4-7,9,13H,1-3H2. The molecule has 0 radical (unpaired) electrons. The van der Waals surface area contributed by atoms with Gasteiger partial charge in [-0.3, -0.25) is 0 Å². The van der Waals surface area contributed by atoms with Gasteiger partial charge in [-0.1, -0.05) is 0 Å². The van der Waals surface area contributed by atoms with Crippen LogP contribution in [0.2, 0.25) is 0 Å². The summed E-state index contributed by atoms with van der Waals surface area (Å²) in [6.45, 7) is 1.61. The monoisotopic (exact) mass is 180 g/mol. The van der Waals surface area contributed by atoms with Gasteiger partial charge in [0.05, 0.1) is 12.0 Å². The smallest absolute Gasteiger partial charge is 0.138 e. The Morgan fingerprint density at radius 1 is 1.38 bits per heavy atom. The van der Waals surface area contributed by atoms with Crippen LogP contribution in [0.1, 0.15) is 18.2 Å². The van der Waals surface area contributed by atoms with Gasteiger partial charge in [-0.15, -0.1) is 0 Å². The maximum absolute atomic E-state index is 9.68. The van der Waals surface area contributed by atoms with Crippen LogP contribution in [0.4, 0.5) is 0 Å². The lowest BCUT2D eigenvalue weighted by Crippen LogP contribution is -2.39. The summed E-state index contributed by atoms with van der Waals surface area (Å²) < 4.78 is 0. The number of piperidine rings is 1. The Morgan fingerprint density at radius 3 is 2.85 bits per heavy atom. The van der Waals surface area contributed by atoms with Gasteiger partial charge in [-0.05, 0) is 13.0 Å². The minimum absolute atomic E-state index is 0.0109. The summed E-state index contributed by atoms with van der Waals surface area (Å²) in [5, 5.41) is 12.9. The van der Waals surface area contributed by atoms with E-state index in [0.29, 0.717) is 5.82 Å². The predicted octanol–water partition coefficient (Wildman–Crippen LogP) is -0.691. The highest BCUT2D eigenvalue weighted by Gasteiger charge is 2.26. The summed E-state index contributed by atoms with van der Waals surface area (Å²) in [4.78, 5) is 11.8. The molecule has 1 saturated heterocycles. The number of aliphatic hydroxyl groups excluding tert-OH is 1. The Hall–Kier alpha value is -1.07. The molecule has 5 nitrogen and oxygen atoms in total. The Bertz CT molecular complexity index is 266. The van der Waals surface area contributed by atoms with E-state index in [9.17, 15) is 5.11 Å². The molecule has 2 rings (SSSR count). The molecule has 0 aromatic carbocycles. The quantitative estimate of drug-likeness (QED) is 0.598. The Kier molecular flexibility index (Phi) is 2.47. The number of aromatic nitrogens is 3. The number of nitrogens with one attached hydrogen (secondary N) is 1. The van der Waals surface area contributed by atoms with Gasteiger partial charge >= 0.3 is 0 Å². The van der Waals surface area contributed by atoms with Gasteiger partial charge in [0.1, 0.15) is 18.5 Å². The van der Waals surface area contributed by atoms with Crippen LogP contribution in [-0.4, -0.2) is 39.3 Å². The van der Waals surface area contributed by atoms with E-state index in [1.54, 1.807) is 0 Å². The predicted molar refractivity (Wildman–Crippen MR) is 46.1 cm³/mol. The number of aliphatic hydroxyl groups is 1. The molecule has 1 aromatic rings. The van der Waals surface area contributed by atoms with Crippen LogP contribution in [0.3, 0.4) is 0 Å². The van der Waals surface area contributed by atoms with Gasteiger partial charge in [0.15, 0.2) is 0 Å². The van der Waals surface area contributed by atoms with Crippen molar-refractivity contribution >= 4 is 0 Å². The zero-order chi connectivity index (χ0) is 9.10. The fourth-order valence-electron chi connectivity index (χ4n) is 1.55. The second-order valence-corrected chi connectivity index (χ2v) is 3.16. The molecular weight excluding hydrogens is 168 g/mol. The SMILES string of the molecule is OC1CCNCC1c1ncncn1. The van der Waals surface area contributed by atoms with Crippen LogP contribution >= 0.6 is 0 Å². The third-order valence-electron chi connectivity index (χ3n) is 2.29. The topological polar surface area (TPSA) is 70.9 Å². The fraction of sp³-hybridized carbons (Fsp3) is 0.625. The first-order valence-electron chi connectivity index (χ1n) is 4.38. The molecule has 1 aliphatic rings. The molecule has 1 fully saturated rings. The van der Waals surface area contributed by atoms with Gasteiger partial charge in [-0.2, -0.15) is 0 Å². The minimum atomic E-state index is -0.330. The summed E-state index contributed by atoms with van der Waals surface area (Å²) in [7, 11) is 0. The zero-order valence-corrected chi connectivity index (χ0v) is 7.22. The summed E-state index contributed by atoms with van der Waals surface area (Å²) in [6, 6.07) is 0. The normalized spacial score (nSPS) is 28.7. The van der Waals surface area contributed by atoms with Crippen molar-refractivity contribution in [3.8, 4) is 0 Å². The highest BCUT2D eigenvalue weighted by Crippen LogP contribution is 2.19. The summed E-state index contributed by atoms with van der Waals surface area (Å²) in [5.74, 6) is 0.687. The maximum atomic E-state index is 9.68. The minimum Gasteiger partial charge on any atom is -0.392 e. The molecule has 2 heterocycles. The van der Waals surface area contributed by atoms with Crippen molar-refractivity contribution in [2.45, 2.75) is 18.4 Å². The average molecular weight is 180 g/mol. The van der Waals surface area contributed by atoms with Crippen molar-refractivity contribution in [3.05, 3.63) is 18.5 Å². The molecule has 1 aliphatic heterocycles. The molecule has 0 saturated carbocycles. The van der Waals surface area contributed by atoms with Crippen molar-refractivity contribution in [1.82, 2.24) is 20.3 Å². The molecule has 0 aliphatic carbocycles. The Labute approximate surface area is 76.3 Å². The summed E-state index contributed by atoms with van der Waals surface area (Å²) in [5.41, 5.74) is 0. The molecule has 13 heavy (non-hydrogen) atoms. The molecule has 2 atom stereocenters. The fourth-order valence-corrected chi connectivity index (χ4v) is 1.55. The lowest BCUT2D eigenvalue weighted by atomic mass is 9.95. The van der Waals surface area contributed by atoms with Crippen LogP contribution in [0, 0.1) is 0 Å². The number of nitrogens with zero attached hydrogens (tertiary/aromatic N) is 3. The van der Waals surface area contributed by atoms with Crippen LogP contribution in [0.25, 0.3) is 0 Å². The van der Waals surface area contributed by atoms with Crippen LogP contribution in [0.5, 0.6) is 0 Å². The van der Waals surface area contributed by atoms with Crippen LogP contribution < -0.4 is 5.32 Å². The van der Waals surface area contributed by atoms with Gasteiger partial charge in [0.2, 0.25) is 0 Å². The third-order valence-corrected chi connectivity index (χ3v) is 2.29. The highest BCUT2D eigenvalue weighted by atomic mass is 16.3. The second kappa shape index (κ2) is 3.76. The van der Waals surface area contributed by atoms with Crippen molar-refractivity contribution < 1.29 is 5.11 Å². The van der Waals surface area contributed by atoms with E-state index >= 15 is 0 Å². The van der Waals surface area contributed by atoms with E-state index in [-0.39, 0.29) is 12.0 Å². The van der Waals surface area contributed by atoms with Crippen LogP contribution in [-0.2, 0) is 0 Å². The van der Waals surface area contributed by atoms with Gasteiger partial charge in [0.25, 0.3) is 0 Å². The van der Waals surface area contributed by atoms with E-state index < -0.39 is 0 Å². The lowest BCUT2D eigenvalue weighted by molar-refractivity contribution is 0.110. The van der Waals surface area contributed by atoms with Crippen molar-refractivity contribution in [2.24, 2.45) is 0 Å². The van der Waals surface area contributed by atoms with Crippen LogP contribution in [0.15, 0.2) is 12.7 Å². The first kappa shape index (κ1) is 8.52. The largest absolute Gasteiger partial charge is 0.392 e. The first-order valence-corrected chi connectivity index (χ1v) is 4.38. The molecule has 1 aromatic heterocycles. The van der Waals surface area contributed by atoms with Gasteiger partial charge in [0, 0.05) is 6.54 Å². The maximum Gasteiger partial charge on any atom is 0.138 e. The molecule has 2 unspecified atom stereocenters. The van der Waals surface area contributed by atoms with E-state index in [4.69, 9.17) is 0 Å². The molecule has 70 valence electrons. The summed E-state index contributed by atoms with van der Waals surface area (Å²) in [6.07, 6.45) is 3.35. The van der Waals surface area contributed by atoms with E-state index in [1.165, 1.54) is 12.7 Å². The molecular formula is C8H12N4O. The van der Waals surface area contributed by atoms with Gasteiger partial charge < -0.3 is 10.4 Å². The van der Waals surface area contributed by atoms with E-state index in [1.807, 2.05) is 0 Å². The lowest BCUT2D eigenvalue weighted by Gasteiger charge is -2.26. The molecule has 0 spiro atoms. The second-order valence-electron chi connectivity index (χ2n) is 3.16. The molecule has 2 N–H and O–H groups in total. The number of rotatable bonds is 1. The average Bonchev–Trinajstić information content (AvgIpc) is 2.20. The molecule has 0 bridgehead atoms. The van der Waals surface area contributed by atoms with Gasteiger partial charge in [-0.25, -0.2) is 15.0 Å². The highest BCUT2D eigenvalue weighted by molar-refractivity contribution is 5.00. The van der Waals surface area contributed by atoms with E-state index in [0.717, 1.165) is 19.5 Å². The molecule has 0 amide bonds. The Morgan fingerprint density at radius 2 is 2.15 bits per heavy atom. The third kappa shape index (κ3) is 1.81. The Balaban J connectivity index is 2.15.